The summed E-state index contributed by atoms with van der Waals surface area (Å²) in [4.78, 5) is 41.7. The molecule has 2 N–H and O–H groups in total. The average molecular weight is 442 g/mol. The highest BCUT2D eigenvalue weighted by molar-refractivity contribution is 6.05. The van der Waals surface area contributed by atoms with Crippen LogP contribution in [0, 0.1) is 6.92 Å². The minimum atomic E-state index is -0.361. The van der Waals surface area contributed by atoms with Gasteiger partial charge in [-0.2, -0.15) is 0 Å². The molecule has 0 aliphatic carbocycles. The molecule has 0 unspecified atom stereocenters. The Hall–Kier alpha value is -4.46. The van der Waals surface area contributed by atoms with Crippen LogP contribution in [-0.2, 0) is 4.79 Å². The Bertz CT molecular complexity index is 1430. The number of benzene rings is 3. The highest BCUT2D eigenvalue weighted by Crippen LogP contribution is 2.28. The summed E-state index contributed by atoms with van der Waals surface area (Å²) < 4.78 is 6.83. The van der Waals surface area contributed by atoms with E-state index in [-0.39, 0.29) is 17.4 Å². The van der Waals surface area contributed by atoms with Gasteiger partial charge < -0.3 is 15.4 Å². The molecule has 0 saturated heterocycles. The maximum Gasteiger partial charge on any atom is 0.265 e. The number of anilines is 2. The molecule has 166 valence electrons. The predicted octanol–water partition coefficient (Wildman–Crippen LogP) is 3.91. The predicted molar refractivity (Wildman–Crippen MR) is 127 cm³/mol. The van der Waals surface area contributed by atoms with Crippen molar-refractivity contribution in [1.82, 2.24) is 9.55 Å². The van der Waals surface area contributed by atoms with Gasteiger partial charge in [-0.15, -0.1) is 0 Å². The lowest BCUT2D eigenvalue weighted by atomic mass is 10.1. The van der Waals surface area contributed by atoms with Crippen molar-refractivity contribution >= 4 is 34.1 Å². The van der Waals surface area contributed by atoms with Crippen LogP contribution in [0.4, 0.5) is 11.4 Å². The molecule has 0 aliphatic heterocycles. The molecule has 4 rings (SSSR count). The number of aromatic nitrogens is 2. The molecule has 33 heavy (non-hydrogen) atoms. The van der Waals surface area contributed by atoms with Crippen LogP contribution in [-0.4, -0.2) is 28.5 Å². The smallest absolute Gasteiger partial charge is 0.265 e. The first kappa shape index (κ1) is 21.8. The number of nitrogens with zero attached hydrogens (tertiary/aromatic N) is 2. The SMILES string of the molecule is COc1ccc(NC(C)=O)cc1NC(=O)c1ccc(-n2c(C)nc3ccccc3c2=O)cc1. The van der Waals surface area contributed by atoms with Gasteiger partial charge in [0.25, 0.3) is 11.5 Å². The molecule has 3 aromatic carbocycles. The zero-order valence-corrected chi connectivity index (χ0v) is 18.4. The first-order valence-electron chi connectivity index (χ1n) is 10.2. The number of carbonyl (C=O) groups is 2. The molecule has 2 amide bonds. The molecule has 0 bridgehead atoms. The van der Waals surface area contributed by atoms with Crippen molar-refractivity contribution < 1.29 is 14.3 Å². The summed E-state index contributed by atoms with van der Waals surface area (Å²) >= 11 is 0. The molecule has 8 nitrogen and oxygen atoms in total. The van der Waals surface area contributed by atoms with E-state index in [1.165, 1.54) is 18.6 Å². The summed E-state index contributed by atoms with van der Waals surface area (Å²) in [5.74, 6) is 0.427. The van der Waals surface area contributed by atoms with Gasteiger partial charge in [0.15, 0.2) is 0 Å². The van der Waals surface area contributed by atoms with Gasteiger partial charge in [-0.05, 0) is 61.5 Å². The molecule has 1 heterocycles. The lowest BCUT2D eigenvalue weighted by Crippen LogP contribution is -2.22. The molecule has 4 aromatic rings. The Morgan fingerprint density at radius 3 is 2.39 bits per heavy atom. The van der Waals surface area contributed by atoms with Crippen LogP contribution in [0.1, 0.15) is 23.1 Å². The van der Waals surface area contributed by atoms with E-state index >= 15 is 0 Å². The second-order valence-electron chi connectivity index (χ2n) is 7.41. The molecule has 0 fully saturated rings. The summed E-state index contributed by atoms with van der Waals surface area (Å²) in [6.07, 6.45) is 0. The average Bonchev–Trinajstić information content (AvgIpc) is 2.79. The number of para-hydroxylation sites is 1. The van der Waals surface area contributed by atoms with Gasteiger partial charge in [0.2, 0.25) is 5.91 Å². The van der Waals surface area contributed by atoms with Crippen molar-refractivity contribution in [1.29, 1.82) is 0 Å². The minimum Gasteiger partial charge on any atom is -0.495 e. The van der Waals surface area contributed by atoms with E-state index in [0.29, 0.717) is 45.1 Å². The van der Waals surface area contributed by atoms with Crippen molar-refractivity contribution in [3.63, 3.8) is 0 Å². The third-order valence-corrected chi connectivity index (χ3v) is 5.10. The van der Waals surface area contributed by atoms with Gasteiger partial charge >= 0.3 is 0 Å². The van der Waals surface area contributed by atoms with Crippen LogP contribution in [0.2, 0.25) is 0 Å². The number of carbonyl (C=O) groups excluding carboxylic acids is 2. The summed E-state index contributed by atoms with van der Waals surface area (Å²) in [6.45, 7) is 3.17. The topological polar surface area (TPSA) is 102 Å². The molecule has 8 heteroatoms. The van der Waals surface area contributed by atoms with E-state index in [1.807, 2.05) is 6.07 Å². The molecule has 0 atom stereocenters. The zero-order chi connectivity index (χ0) is 23.5. The third-order valence-electron chi connectivity index (χ3n) is 5.10. The van der Waals surface area contributed by atoms with E-state index in [9.17, 15) is 14.4 Å². The first-order valence-corrected chi connectivity index (χ1v) is 10.2. The Labute approximate surface area is 189 Å². The Balaban J connectivity index is 1.62. The number of rotatable bonds is 5. The maximum absolute atomic E-state index is 13.0. The fourth-order valence-corrected chi connectivity index (χ4v) is 3.59. The Morgan fingerprint density at radius 1 is 0.970 bits per heavy atom. The van der Waals surface area contributed by atoms with E-state index < -0.39 is 0 Å². The number of nitrogens with one attached hydrogen (secondary N) is 2. The molecular formula is C25H22N4O4. The van der Waals surface area contributed by atoms with Crippen molar-refractivity contribution in [2.45, 2.75) is 13.8 Å². The van der Waals surface area contributed by atoms with Crippen LogP contribution >= 0.6 is 0 Å². The Morgan fingerprint density at radius 2 is 1.70 bits per heavy atom. The number of fused-ring (bicyclic) bond motifs is 1. The number of aryl methyl sites for hydroxylation is 1. The molecule has 0 radical (unpaired) electrons. The van der Waals surface area contributed by atoms with Gasteiger partial charge in [0, 0.05) is 18.2 Å². The first-order chi connectivity index (χ1) is 15.9. The quantitative estimate of drug-likeness (QED) is 0.488. The number of ether oxygens (including phenoxy) is 1. The molecular weight excluding hydrogens is 420 g/mol. The highest BCUT2D eigenvalue weighted by Gasteiger charge is 2.13. The van der Waals surface area contributed by atoms with E-state index in [4.69, 9.17) is 4.74 Å². The normalized spacial score (nSPS) is 10.6. The number of hydrogen-bond donors (Lipinski definition) is 2. The van der Waals surface area contributed by atoms with Gasteiger partial charge in [-0.3, -0.25) is 19.0 Å². The summed E-state index contributed by atoms with van der Waals surface area (Å²) in [6, 6.07) is 18.8. The maximum atomic E-state index is 13.0. The van der Waals surface area contributed by atoms with E-state index in [1.54, 1.807) is 67.6 Å². The monoisotopic (exact) mass is 442 g/mol. The molecule has 0 aliphatic rings. The van der Waals surface area contributed by atoms with Crippen molar-refractivity contribution in [3.8, 4) is 11.4 Å². The Kier molecular flexibility index (Phi) is 5.91. The standard InChI is InChI=1S/C25H22N4O4/c1-15-26-21-7-5-4-6-20(21)25(32)29(15)19-11-8-17(9-12-19)24(31)28-22-14-18(27-16(2)30)10-13-23(22)33-3/h4-14H,1-3H3,(H,27,30)(H,28,31). The van der Waals surface area contributed by atoms with Crippen LogP contribution in [0.3, 0.4) is 0 Å². The van der Waals surface area contributed by atoms with Crippen molar-refractivity contribution in [2.24, 2.45) is 0 Å². The van der Waals surface area contributed by atoms with E-state index in [0.717, 1.165) is 0 Å². The fourth-order valence-electron chi connectivity index (χ4n) is 3.59. The highest BCUT2D eigenvalue weighted by atomic mass is 16.5. The second kappa shape index (κ2) is 8.96. The summed E-state index contributed by atoms with van der Waals surface area (Å²) in [7, 11) is 1.50. The van der Waals surface area contributed by atoms with Gasteiger partial charge in [-0.25, -0.2) is 4.98 Å². The van der Waals surface area contributed by atoms with Crippen LogP contribution in [0.15, 0.2) is 71.5 Å². The third kappa shape index (κ3) is 4.45. The van der Waals surface area contributed by atoms with Crippen LogP contribution in [0.5, 0.6) is 5.75 Å². The van der Waals surface area contributed by atoms with Crippen LogP contribution < -0.4 is 20.9 Å². The molecule has 0 spiro atoms. The second-order valence-corrected chi connectivity index (χ2v) is 7.41. The summed E-state index contributed by atoms with van der Waals surface area (Å²) in [5.41, 5.74) is 2.43. The van der Waals surface area contributed by atoms with Crippen molar-refractivity contribution in [3.05, 3.63) is 88.5 Å². The van der Waals surface area contributed by atoms with Gasteiger partial charge in [0.05, 0.1) is 29.4 Å². The van der Waals surface area contributed by atoms with E-state index in [2.05, 4.69) is 15.6 Å². The van der Waals surface area contributed by atoms with Crippen LogP contribution in [0.25, 0.3) is 16.6 Å². The largest absolute Gasteiger partial charge is 0.495 e. The number of methoxy groups -OCH3 is 1. The molecule has 0 saturated carbocycles. The lowest BCUT2D eigenvalue weighted by Gasteiger charge is -2.13. The minimum absolute atomic E-state index is 0.171. The van der Waals surface area contributed by atoms with Gasteiger partial charge in [-0.1, -0.05) is 12.1 Å². The number of hydrogen-bond acceptors (Lipinski definition) is 5. The van der Waals surface area contributed by atoms with Gasteiger partial charge in [0.1, 0.15) is 11.6 Å². The summed E-state index contributed by atoms with van der Waals surface area (Å²) in [5, 5.41) is 6.00. The number of amides is 2. The zero-order valence-electron chi connectivity index (χ0n) is 18.4. The van der Waals surface area contributed by atoms with Crippen molar-refractivity contribution in [2.75, 3.05) is 17.7 Å². The molecule has 1 aromatic heterocycles. The fraction of sp³-hybridized carbons (Fsp3) is 0.120. The lowest BCUT2D eigenvalue weighted by molar-refractivity contribution is -0.114.